The van der Waals surface area contributed by atoms with Gasteiger partial charge in [0.15, 0.2) is 5.78 Å². The molecule has 0 spiro atoms. The van der Waals surface area contributed by atoms with Gasteiger partial charge in [0, 0.05) is 10.4 Å². The number of fused-ring (bicyclic) bond motifs is 1. The molecule has 2 heterocycles. The van der Waals surface area contributed by atoms with Crippen molar-refractivity contribution in [3.63, 3.8) is 0 Å². The van der Waals surface area contributed by atoms with Gasteiger partial charge in [0.05, 0.1) is 13.0 Å². The third-order valence-electron chi connectivity index (χ3n) is 2.73. The lowest BCUT2D eigenvalue weighted by Crippen LogP contribution is -2.24. The van der Waals surface area contributed by atoms with Gasteiger partial charge < -0.3 is 4.90 Å². The number of thiophene rings is 1. The molecule has 3 rings (SSSR count). The number of rotatable bonds is 1. The molecule has 3 nitrogen and oxygen atoms in total. The molecule has 1 aromatic heterocycles. The molecule has 2 aromatic rings. The minimum Gasteiger partial charge on any atom is -0.305 e. The summed E-state index contributed by atoms with van der Waals surface area (Å²) in [5.41, 5.74) is 0.821. The van der Waals surface area contributed by atoms with Gasteiger partial charge in [-0.2, -0.15) is 0 Å². The van der Waals surface area contributed by atoms with Crippen LogP contribution in [0.1, 0.15) is 6.42 Å². The number of ketones is 1. The average Bonchev–Trinajstić information content (AvgIpc) is 2.83. The number of anilines is 1. The van der Waals surface area contributed by atoms with E-state index in [4.69, 9.17) is 0 Å². The number of benzene rings is 1. The van der Waals surface area contributed by atoms with Gasteiger partial charge in [0.25, 0.3) is 0 Å². The lowest BCUT2D eigenvalue weighted by molar-refractivity contribution is -0.121. The number of Topliss-reactive ketones (excluding diaryl/α,β-unsaturated/α-hetero) is 1. The zero-order valence-electron chi connectivity index (χ0n) is 8.47. The molecule has 16 heavy (non-hydrogen) atoms. The number of carbonyl (C=O) groups excluding carboxylic acids is 2. The zero-order valence-corrected chi connectivity index (χ0v) is 9.29. The highest BCUT2D eigenvalue weighted by Gasteiger charge is 2.28. The summed E-state index contributed by atoms with van der Waals surface area (Å²) >= 11 is 1.67. The average molecular weight is 231 g/mol. The highest BCUT2D eigenvalue weighted by molar-refractivity contribution is 7.17. The summed E-state index contributed by atoms with van der Waals surface area (Å²) in [5, 5.41) is 3.14. The number of hydrogen-bond donors (Lipinski definition) is 0. The van der Waals surface area contributed by atoms with Crippen LogP contribution in [0.2, 0.25) is 0 Å². The normalized spacial score (nSPS) is 16.4. The van der Waals surface area contributed by atoms with Gasteiger partial charge in [-0.1, -0.05) is 0 Å². The molecule has 0 N–H and O–H groups in total. The van der Waals surface area contributed by atoms with E-state index in [1.807, 2.05) is 29.6 Å². The number of hydrogen-bond acceptors (Lipinski definition) is 3. The molecule has 1 aliphatic rings. The topological polar surface area (TPSA) is 37.4 Å². The molecule has 0 radical (unpaired) electrons. The molecule has 0 bridgehead atoms. The van der Waals surface area contributed by atoms with Crippen molar-refractivity contribution in [3.05, 3.63) is 29.6 Å². The van der Waals surface area contributed by atoms with Crippen molar-refractivity contribution in [1.29, 1.82) is 0 Å². The largest absolute Gasteiger partial charge is 0.305 e. The maximum atomic E-state index is 11.6. The van der Waals surface area contributed by atoms with Crippen LogP contribution in [-0.4, -0.2) is 18.2 Å². The molecule has 0 atom stereocenters. The van der Waals surface area contributed by atoms with Crippen molar-refractivity contribution in [3.8, 4) is 0 Å². The molecular formula is C12H9NO2S. The molecule has 1 saturated heterocycles. The fourth-order valence-electron chi connectivity index (χ4n) is 1.94. The van der Waals surface area contributed by atoms with E-state index in [-0.39, 0.29) is 24.7 Å². The Bertz CT molecular complexity index is 587. The van der Waals surface area contributed by atoms with E-state index in [2.05, 4.69) is 0 Å². The van der Waals surface area contributed by atoms with Gasteiger partial charge in [0.2, 0.25) is 5.91 Å². The van der Waals surface area contributed by atoms with Crippen LogP contribution in [0.4, 0.5) is 5.69 Å². The Morgan fingerprint density at radius 2 is 2.06 bits per heavy atom. The highest BCUT2D eigenvalue weighted by atomic mass is 32.1. The van der Waals surface area contributed by atoms with Crippen molar-refractivity contribution in [2.45, 2.75) is 6.42 Å². The third kappa shape index (κ3) is 1.42. The first-order chi connectivity index (χ1) is 7.74. The van der Waals surface area contributed by atoms with Crippen molar-refractivity contribution in [1.82, 2.24) is 0 Å². The fraction of sp³-hybridized carbons (Fsp3) is 0.167. The Labute approximate surface area is 96.3 Å². The van der Waals surface area contributed by atoms with Gasteiger partial charge in [0.1, 0.15) is 0 Å². The van der Waals surface area contributed by atoms with Gasteiger partial charge in [-0.25, -0.2) is 0 Å². The summed E-state index contributed by atoms with van der Waals surface area (Å²) in [5.74, 6) is -0.102. The van der Waals surface area contributed by atoms with Crippen LogP contribution >= 0.6 is 11.3 Å². The first-order valence-corrected chi connectivity index (χ1v) is 5.91. The van der Waals surface area contributed by atoms with E-state index in [1.165, 1.54) is 4.70 Å². The molecular weight excluding hydrogens is 222 g/mol. The number of nitrogens with zero attached hydrogens (tertiary/aromatic N) is 1. The van der Waals surface area contributed by atoms with E-state index >= 15 is 0 Å². The summed E-state index contributed by atoms with van der Waals surface area (Å²) in [7, 11) is 0. The number of carbonyl (C=O) groups is 2. The minimum absolute atomic E-state index is 0.00424. The Morgan fingerprint density at radius 1 is 1.19 bits per heavy atom. The van der Waals surface area contributed by atoms with E-state index in [0.29, 0.717) is 0 Å². The van der Waals surface area contributed by atoms with Crippen LogP contribution in [0.25, 0.3) is 10.1 Å². The predicted molar refractivity (Wildman–Crippen MR) is 63.8 cm³/mol. The van der Waals surface area contributed by atoms with Crippen LogP contribution in [0.15, 0.2) is 29.6 Å². The highest BCUT2D eigenvalue weighted by Crippen LogP contribution is 2.27. The minimum atomic E-state index is -0.0976. The second kappa shape index (κ2) is 3.42. The summed E-state index contributed by atoms with van der Waals surface area (Å²) in [6.07, 6.45) is 0.0433. The standard InChI is InChI=1S/C12H9NO2S/c14-10-6-12(15)13(7-10)9-1-2-11-8(5-9)3-4-16-11/h1-5H,6-7H2. The molecule has 80 valence electrons. The summed E-state index contributed by atoms with van der Waals surface area (Å²) in [4.78, 5) is 24.3. The Morgan fingerprint density at radius 3 is 2.81 bits per heavy atom. The van der Waals surface area contributed by atoms with Crippen LogP contribution in [0, 0.1) is 0 Å². The predicted octanol–water partition coefficient (Wildman–Crippen LogP) is 2.21. The number of amides is 1. The van der Waals surface area contributed by atoms with Gasteiger partial charge in [-0.05, 0) is 35.0 Å². The quantitative estimate of drug-likeness (QED) is 0.706. The van der Waals surface area contributed by atoms with Crippen LogP contribution in [-0.2, 0) is 9.59 Å². The summed E-state index contributed by atoms with van der Waals surface area (Å²) < 4.78 is 1.20. The smallest absolute Gasteiger partial charge is 0.234 e. The fourth-order valence-corrected chi connectivity index (χ4v) is 2.71. The molecule has 4 heteroatoms. The van der Waals surface area contributed by atoms with Crippen LogP contribution < -0.4 is 4.90 Å². The molecule has 0 unspecified atom stereocenters. The molecule has 0 saturated carbocycles. The van der Waals surface area contributed by atoms with Crippen LogP contribution in [0.5, 0.6) is 0 Å². The van der Waals surface area contributed by atoms with E-state index < -0.39 is 0 Å². The zero-order chi connectivity index (χ0) is 11.1. The molecule has 1 fully saturated rings. The van der Waals surface area contributed by atoms with Crippen molar-refractivity contribution >= 4 is 38.8 Å². The first-order valence-electron chi connectivity index (χ1n) is 5.03. The molecule has 1 aromatic carbocycles. The van der Waals surface area contributed by atoms with E-state index in [1.54, 1.807) is 16.2 Å². The Kier molecular flexibility index (Phi) is 2.04. The Balaban J connectivity index is 2.05. The van der Waals surface area contributed by atoms with E-state index in [0.717, 1.165) is 11.1 Å². The van der Waals surface area contributed by atoms with Gasteiger partial charge in [-0.3, -0.25) is 9.59 Å². The molecule has 1 aliphatic heterocycles. The van der Waals surface area contributed by atoms with E-state index in [9.17, 15) is 9.59 Å². The first kappa shape index (κ1) is 9.54. The second-order valence-corrected chi connectivity index (χ2v) is 4.79. The van der Waals surface area contributed by atoms with Gasteiger partial charge in [-0.15, -0.1) is 11.3 Å². The molecule has 0 aliphatic carbocycles. The maximum Gasteiger partial charge on any atom is 0.234 e. The monoisotopic (exact) mass is 231 g/mol. The molecule has 1 amide bonds. The third-order valence-corrected chi connectivity index (χ3v) is 3.63. The lowest BCUT2D eigenvalue weighted by Gasteiger charge is -2.14. The summed E-state index contributed by atoms with van der Waals surface area (Å²) in [6, 6.07) is 7.87. The van der Waals surface area contributed by atoms with Gasteiger partial charge >= 0.3 is 0 Å². The Hall–Kier alpha value is -1.68. The second-order valence-electron chi connectivity index (χ2n) is 3.84. The van der Waals surface area contributed by atoms with Crippen molar-refractivity contribution in [2.75, 3.05) is 11.4 Å². The SMILES string of the molecule is O=C1CC(=O)N(c2ccc3sccc3c2)C1. The van der Waals surface area contributed by atoms with Crippen molar-refractivity contribution < 1.29 is 9.59 Å². The maximum absolute atomic E-state index is 11.6. The van der Waals surface area contributed by atoms with Crippen LogP contribution in [0.3, 0.4) is 0 Å². The van der Waals surface area contributed by atoms with Crippen molar-refractivity contribution in [2.24, 2.45) is 0 Å². The summed E-state index contributed by atoms with van der Waals surface area (Å²) in [6.45, 7) is 0.217. The lowest BCUT2D eigenvalue weighted by atomic mass is 10.2.